The molecule has 1 aromatic carbocycles. The number of hydrogen-bond acceptors (Lipinski definition) is 2. The molecule has 1 aromatic rings. The van der Waals surface area contributed by atoms with Crippen molar-refractivity contribution in [3.05, 3.63) is 34.1 Å². The molecule has 17 heavy (non-hydrogen) atoms. The van der Waals surface area contributed by atoms with Crippen molar-refractivity contribution >= 4 is 27.8 Å². The van der Waals surface area contributed by atoms with Crippen LogP contribution in [0.25, 0.3) is 0 Å². The summed E-state index contributed by atoms with van der Waals surface area (Å²) in [6.07, 6.45) is 0. The molecule has 0 saturated heterocycles. The van der Waals surface area contributed by atoms with E-state index in [0.29, 0.717) is 4.47 Å². The summed E-state index contributed by atoms with van der Waals surface area (Å²) in [4.78, 5) is 23.6. The number of nitrogens with zero attached hydrogens (tertiary/aromatic N) is 1. The minimum absolute atomic E-state index is 0.125. The fourth-order valence-corrected chi connectivity index (χ4v) is 1.82. The Morgan fingerprint density at radius 2 is 2.06 bits per heavy atom. The number of aliphatic carboxylic acids is 1. The first-order chi connectivity index (χ1) is 7.93. The molecule has 0 fully saturated rings. The number of hydrogen-bond donors (Lipinski definition) is 1. The van der Waals surface area contributed by atoms with E-state index >= 15 is 0 Å². The highest BCUT2D eigenvalue weighted by molar-refractivity contribution is 9.10. The minimum atomic E-state index is -1.10. The summed E-state index contributed by atoms with van der Waals surface area (Å²) in [5.41, 5.74) is 0.125. The van der Waals surface area contributed by atoms with Crippen LogP contribution in [0.5, 0.6) is 0 Å². The summed E-state index contributed by atoms with van der Waals surface area (Å²) in [5, 5.41) is 8.64. The number of carbonyl (C=O) groups is 2. The third-order valence-electron chi connectivity index (χ3n) is 2.10. The number of carbonyl (C=O) groups excluding carboxylic acids is 1. The number of amides is 1. The molecule has 1 N–H and O–H groups in total. The zero-order valence-corrected chi connectivity index (χ0v) is 10.7. The summed E-state index contributed by atoms with van der Waals surface area (Å²) in [6.45, 7) is 1.51. The summed E-state index contributed by atoms with van der Waals surface area (Å²) >= 11 is 3.08. The SMILES string of the molecule is CCN(CC(=O)O)C(=O)c1cc(F)cc(Br)c1. The van der Waals surface area contributed by atoms with Gasteiger partial charge >= 0.3 is 5.97 Å². The van der Waals surface area contributed by atoms with E-state index in [0.717, 1.165) is 11.0 Å². The van der Waals surface area contributed by atoms with Gasteiger partial charge in [-0.1, -0.05) is 15.9 Å². The van der Waals surface area contributed by atoms with E-state index in [1.807, 2.05) is 0 Å². The summed E-state index contributed by atoms with van der Waals surface area (Å²) < 4.78 is 13.5. The average Bonchev–Trinajstić information content (AvgIpc) is 2.23. The molecule has 0 radical (unpaired) electrons. The van der Waals surface area contributed by atoms with Gasteiger partial charge < -0.3 is 10.0 Å². The Morgan fingerprint density at radius 1 is 1.41 bits per heavy atom. The van der Waals surface area contributed by atoms with Gasteiger partial charge in [0, 0.05) is 16.6 Å². The Hall–Kier alpha value is -1.43. The van der Waals surface area contributed by atoms with Crippen molar-refractivity contribution in [2.75, 3.05) is 13.1 Å². The maximum atomic E-state index is 13.1. The van der Waals surface area contributed by atoms with Crippen molar-refractivity contribution in [2.45, 2.75) is 6.92 Å². The molecule has 0 bridgehead atoms. The second-order valence-electron chi connectivity index (χ2n) is 3.37. The van der Waals surface area contributed by atoms with Gasteiger partial charge in [-0.25, -0.2) is 4.39 Å². The lowest BCUT2D eigenvalue weighted by molar-refractivity contribution is -0.137. The van der Waals surface area contributed by atoms with Crippen LogP contribution < -0.4 is 0 Å². The largest absolute Gasteiger partial charge is 0.480 e. The topological polar surface area (TPSA) is 57.6 Å². The lowest BCUT2D eigenvalue weighted by Gasteiger charge is -2.18. The first-order valence-corrected chi connectivity index (χ1v) is 5.70. The monoisotopic (exact) mass is 303 g/mol. The van der Waals surface area contributed by atoms with Gasteiger partial charge in [0.2, 0.25) is 0 Å². The van der Waals surface area contributed by atoms with Crippen LogP contribution >= 0.6 is 15.9 Å². The van der Waals surface area contributed by atoms with Crippen LogP contribution in [0.1, 0.15) is 17.3 Å². The van der Waals surface area contributed by atoms with E-state index in [2.05, 4.69) is 15.9 Å². The van der Waals surface area contributed by atoms with Crippen molar-refractivity contribution in [2.24, 2.45) is 0 Å². The van der Waals surface area contributed by atoms with Crippen molar-refractivity contribution < 1.29 is 19.1 Å². The number of carboxylic acids is 1. The Labute approximate surface area is 106 Å². The molecule has 92 valence electrons. The van der Waals surface area contributed by atoms with Crippen LogP contribution in [0.15, 0.2) is 22.7 Å². The molecule has 0 aliphatic carbocycles. The molecular formula is C11H11BrFNO3. The first-order valence-electron chi connectivity index (χ1n) is 4.91. The summed E-state index contributed by atoms with van der Waals surface area (Å²) in [7, 11) is 0. The number of halogens is 2. The van der Waals surface area contributed by atoms with E-state index in [1.54, 1.807) is 6.92 Å². The third-order valence-corrected chi connectivity index (χ3v) is 2.56. The number of rotatable bonds is 4. The molecule has 6 heteroatoms. The maximum absolute atomic E-state index is 13.1. The van der Waals surface area contributed by atoms with Gasteiger partial charge in [0.05, 0.1) is 0 Å². The molecular weight excluding hydrogens is 293 g/mol. The van der Waals surface area contributed by atoms with Gasteiger partial charge in [0.25, 0.3) is 5.91 Å². The van der Waals surface area contributed by atoms with E-state index in [1.165, 1.54) is 12.1 Å². The van der Waals surface area contributed by atoms with E-state index in [9.17, 15) is 14.0 Å². The number of benzene rings is 1. The summed E-state index contributed by atoms with van der Waals surface area (Å²) in [6, 6.07) is 3.76. The molecule has 1 amide bonds. The molecule has 0 aliphatic rings. The van der Waals surface area contributed by atoms with Gasteiger partial charge in [-0.2, -0.15) is 0 Å². The molecule has 0 spiro atoms. The maximum Gasteiger partial charge on any atom is 0.323 e. The second-order valence-corrected chi connectivity index (χ2v) is 4.29. The highest BCUT2D eigenvalue weighted by Crippen LogP contribution is 2.16. The molecule has 0 aromatic heterocycles. The lowest BCUT2D eigenvalue weighted by Crippen LogP contribution is -2.35. The molecule has 1 rings (SSSR count). The van der Waals surface area contributed by atoms with Gasteiger partial charge in [0.15, 0.2) is 0 Å². The van der Waals surface area contributed by atoms with Crippen LogP contribution in [0, 0.1) is 5.82 Å². The average molecular weight is 304 g/mol. The van der Waals surface area contributed by atoms with Crippen molar-refractivity contribution in [1.29, 1.82) is 0 Å². The Balaban J connectivity index is 2.97. The summed E-state index contributed by atoms with van der Waals surface area (Å²) in [5.74, 6) is -2.15. The van der Waals surface area contributed by atoms with Crippen LogP contribution in [0.4, 0.5) is 4.39 Å². The normalized spacial score (nSPS) is 10.1. The van der Waals surface area contributed by atoms with Gasteiger partial charge in [0.1, 0.15) is 12.4 Å². The van der Waals surface area contributed by atoms with Crippen LogP contribution in [-0.2, 0) is 4.79 Å². The highest BCUT2D eigenvalue weighted by atomic mass is 79.9. The first kappa shape index (κ1) is 13.6. The van der Waals surface area contributed by atoms with Crippen LogP contribution in [0.3, 0.4) is 0 Å². The predicted molar refractivity (Wildman–Crippen MR) is 63.3 cm³/mol. The molecule has 0 saturated carbocycles. The Bertz CT molecular complexity index is 430. The standard InChI is InChI=1S/C11H11BrFNO3/c1-2-14(6-10(15)16)11(17)7-3-8(12)5-9(13)4-7/h3-5H,2,6H2,1H3,(H,15,16). The Kier molecular flexibility index (Phi) is 4.62. The van der Waals surface area contributed by atoms with Gasteiger partial charge in [-0.15, -0.1) is 0 Å². The minimum Gasteiger partial charge on any atom is -0.480 e. The zero-order chi connectivity index (χ0) is 13.0. The van der Waals surface area contributed by atoms with Crippen molar-refractivity contribution in [1.82, 2.24) is 4.90 Å². The fourth-order valence-electron chi connectivity index (χ4n) is 1.35. The highest BCUT2D eigenvalue weighted by Gasteiger charge is 2.17. The Morgan fingerprint density at radius 3 is 2.53 bits per heavy atom. The van der Waals surface area contributed by atoms with E-state index in [4.69, 9.17) is 5.11 Å². The van der Waals surface area contributed by atoms with Gasteiger partial charge in [-0.05, 0) is 25.1 Å². The lowest BCUT2D eigenvalue weighted by atomic mass is 10.2. The van der Waals surface area contributed by atoms with Crippen molar-refractivity contribution in [3.8, 4) is 0 Å². The fraction of sp³-hybridized carbons (Fsp3) is 0.273. The van der Waals surface area contributed by atoms with E-state index < -0.39 is 24.2 Å². The second kappa shape index (κ2) is 5.77. The zero-order valence-electron chi connectivity index (χ0n) is 9.11. The van der Waals surface area contributed by atoms with E-state index in [-0.39, 0.29) is 12.1 Å². The quantitative estimate of drug-likeness (QED) is 0.927. The third kappa shape index (κ3) is 3.81. The molecule has 0 heterocycles. The van der Waals surface area contributed by atoms with Crippen LogP contribution in [-0.4, -0.2) is 35.0 Å². The number of likely N-dealkylation sites (N-methyl/N-ethyl adjacent to an activating group) is 1. The number of carboxylic acid groups (broad SMARTS) is 1. The molecule has 4 nitrogen and oxygen atoms in total. The predicted octanol–water partition coefficient (Wildman–Crippen LogP) is 2.13. The molecule has 0 atom stereocenters. The molecule has 0 aliphatic heterocycles. The van der Waals surface area contributed by atoms with Crippen LogP contribution in [0.2, 0.25) is 0 Å². The van der Waals surface area contributed by atoms with Gasteiger partial charge in [-0.3, -0.25) is 9.59 Å². The van der Waals surface area contributed by atoms with Crippen molar-refractivity contribution in [3.63, 3.8) is 0 Å². The molecule has 0 unspecified atom stereocenters. The smallest absolute Gasteiger partial charge is 0.323 e.